The van der Waals surface area contributed by atoms with Gasteiger partial charge in [-0.2, -0.15) is 0 Å². The minimum atomic E-state index is -1.66. The molecule has 30 heavy (non-hydrogen) atoms. The first-order valence-electron chi connectivity index (χ1n) is 9.27. The van der Waals surface area contributed by atoms with Gasteiger partial charge in [-0.3, -0.25) is 10.5 Å². The van der Waals surface area contributed by atoms with E-state index in [1.807, 2.05) is 12.1 Å². The summed E-state index contributed by atoms with van der Waals surface area (Å²) in [6, 6.07) is 10.8. The van der Waals surface area contributed by atoms with Crippen LogP contribution in [0, 0.1) is 17.8 Å². The standard InChI is InChI=1S/C22H23NO6S/c1-14(20(23)29-22(27)21(25)26)8-9-19-11-10-18(30-19)7-4-12-28-17-6-3-5-16(13-17)15(2)24/h3,5-6,10-11,13-14,20H,8-9,12,23H2,1-2H3,(H,25,26)/t14-,20?/m1/s1. The van der Waals surface area contributed by atoms with E-state index in [1.165, 1.54) is 6.92 Å². The number of Topliss-reactive ketones (excluding diaryl/α,β-unsaturated/α-hetero) is 1. The normalized spacial score (nSPS) is 12.2. The summed E-state index contributed by atoms with van der Waals surface area (Å²) in [5, 5.41) is 8.55. The van der Waals surface area contributed by atoms with Crippen LogP contribution in [0.5, 0.6) is 5.75 Å². The second-order valence-corrected chi connectivity index (χ2v) is 7.80. The predicted octanol–water partition coefficient (Wildman–Crippen LogP) is 2.86. The molecule has 0 saturated carbocycles. The summed E-state index contributed by atoms with van der Waals surface area (Å²) in [5.74, 6) is 3.36. The number of rotatable bonds is 8. The number of hydrogen-bond donors (Lipinski definition) is 2. The van der Waals surface area contributed by atoms with Crippen LogP contribution in [0.1, 0.15) is 40.4 Å². The fraction of sp³-hybridized carbons (Fsp3) is 0.318. The van der Waals surface area contributed by atoms with Crippen LogP contribution >= 0.6 is 11.3 Å². The Morgan fingerprint density at radius 1 is 1.23 bits per heavy atom. The summed E-state index contributed by atoms with van der Waals surface area (Å²) in [6.45, 7) is 3.51. The van der Waals surface area contributed by atoms with E-state index >= 15 is 0 Å². The molecule has 0 spiro atoms. The third-order valence-corrected chi connectivity index (χ3v) is 5.31. The molecule has 0 saturated heterocycles. The van der Waals surface area contributed by atoms with Crippen molar-refractivity contribution in [3.05, 3.63) is 51.7 Å². The van der Waals surface area contributed by atoms with Crippen molar-refractivity contribution in [2.45, 2.75) is 32.9 Å². The summed E-state index contributed by atoms with van der Waals surface area (Å²) < 4.78 is 10.2. The second kappa shape index (κ2) is 11.1. The number of hydrogen-bond acceptors (Lipinski definition) is 7. The number of carbonyl (C=O) groups is 3. The van der Waals surface area contributed by atoms with Crippen molar-refractivity contribution in [1.29, 1.82) is 0 Å². The Labute approximate surface area is 178 Å². The van der Waals surface area contributed by atoms with Crippen molar-refractivity contribution in [1.82, 2.24) is 0 Å². The quantitative estimate of drug-likeness (QED) is 0.218. The first-order valence-corrected chi connectivity index (χ1v) is 10.1. The number of ketones is 1. The first-order chi connectivity index (χ1) is 14.3. The van der Waals surface area contributed by atoms with Crippen molar-refractivity contribution in [2.75, 3.05) is 6.61 Å². The van der Waals surface area contributed by atoms with Crippen LogP contribution in [0.15, 0.2) is 36.4 Å². The highest BCUT2D eigenvalue weighted by Crippen LogP contribution is 2.20. The molecule has 0 fully saturated rings. The summed E-state index contributed by atoms with van der Waals surface area (Å²) >= 11 is 1.54. The Bertz CT molecular complexity index is 971. The number of ether oxygens (including phenoxy) is 2. The van der Waals surface area contributed by atoms with Gasteiger partial charge in [-0.15, -0.1) is 11.3 Å². The van der Waals surface area contributed by atoms with Gasteiger partial charge in [0.25, 0.3) is 0 Å². The number of carbonyl (C=O) groups excluding carboxylic acids is 2. The zero-order valence-corrected chi connectivity index (χ0v) is 17.5. The molecule has 8 heteroatoms. The number of aliphatic carboxylic acids is 1. The van der Waals surface area contributed by atoms with Gasteiger partial charge in [0.2, 0.25) is 0 Å². The van der Waals surface area contributed by atoms with Crippen LogP contribution in [0.2, 0.25) is 0 Å². The van der Waals surface area contributed by atoms with Crippen molar-refractivity contribution in [3.63, 3.8) is 0 Å². The van der Waals surface area contributed by atoms with Gasteiger partial charge >= 0.3 is 11.9 Å². The lowest BCUT2D eigenvalue weighted by Gasteiger charge is -2.18. The van der Waals surface area contributed by atoms with Crippen LogP contribution in [-0.2, 0) is 20.7 Å². The van der Waals surface area contributed by atoms with Crippen LogP contribution in [0.25, 0.3) is 0 Å². The lowest BCUT2D eigenvalue weighted by atomic mass is 10.0. The molecule has 0 aliphatic rings. The topological polar surface area (TPSA) is 116 Å². The molecular weight excluding hydrogens is 406 g/mol. The molecule has 0 bridgehead atoms. The lowest BCUT2D eigenvalue weighted by molar-refractivity contribution is -0.168. The van der Waals surface area contributed by atoms with Gasteiger partial charge in [0.1, 0.15) is 12.4 Å². The fourth-order valence-electron chi connectivity index (χ4n) is 2.45. The van der Waals surface area contributed by atoms with E-state index in [0.717, 1.165) is 9.75 Å². The minimum absolute atomic E-state index is 0.0204. The molecule has 1 heterocycles. The average molecular weight is 429 g/mol. The number of benzene rings is 1. The van der Waals surface area contributed by atoms with Crippen LogP contribution in [-0.4, -0.2) is 35.7 Å². The third kappa shape index (κ3) is 7.35. The molecule has 2 atom stereocenters. The Morgan fingerprint density at radius 3 is 2.70 bits per heavy atom. The smallest absolute Gasteiger partial charge is 0.418 e. The molecule has 0 amide bonds. The zero-order chi connectivity index (χ0) is 22.1. The van der Waals surface area contributed by atoms with E-state index in [0.29, 0.717) is 24.2 Å². The molecule has 2 rings (SSSR count). The van der Waals surface area contributed by atoms with E-state index in [2.05, 4.69) is 16.6 Å². The largest absolute Gasteiger partial charge is 0.481 e. The first kappa shape index (κ1) is 23.1. The highest BCUT2D eigenvalue weighted by molar-refractivity contribution is 7.12. The molecule has 1 aromatic heterocycles. The Balaban J connectivity index is 1.80. The molecule has 1 unspecified atom stereocenters. The van der Waals surface area contributed by atoms with Gasteiger partial charge in [0.15, 0.2) is 12.0 Å². The number of carboxylic acids is 1. The van der Waals surface area contributed by atoms with Crippen molar-refractivity contribution in [2.24, 2.45) is 11.7 Å². The molecule has 1 aromatic carbocycles. The van der Waals surface area contributed by atoms with E-state index in [-0.39, 0.29) is 18.3 Å². The van der Waals surface area contributed by atoms with E-state index in [1.54, 1.807) is 42.5 Å². The average Bonchev–Trinajstić information content (AvgIpc) is 3.17. The summed E-state index contributed by atoms with van der Waals surface area (Å²) in [6.07, 6.45) is 0.378. The molecule has 7 nitrogen and oxygen atoms in total. The second-order valence-electron chi connectivity index (χ2n) is 6.63. The predicted molar refractivity (Wildman–Crippen MR) is 112 cm³/mol. The number of esters is 1. The number of nitrogens with two attached hydrogens (primary N) is 1. The van der Waals surface area contributed by atoms with E-state index in [4.69, 9.17) is 15.6 Å². The monoisotopic (exact) mass is 429 g/mol. The maximum Gasteiger partial charge on any atom is 0.418 e. The van der Waals surface area contributed by atoms with E-state index in [9.17, 15) is 14.4 Å². The number of carboxylic acid groups (broad SMARTS) is 1. The maximum absolute atomic E-state index is 11.4. The Hall–Kier alpha value is -3.15. The van der Waals surface area contributed by atoms with Gasteiger partial charge in [0, 0.05) is 16.4 Å². The number of aryl methyl sites for hydroxylation is 1. The molecule has 0 aliphatic carbocycles. The van der Waals surface area contributed by atoms with Gasteiger partial charge in [-0.1, -0.05) is 30.9 Å². The number of thiophene rings is 1. The maximum atomic E-state index is 11.4. The summed E-state index contributed by atoms with van der Waals surface area (Å²) in [5.41, 5.74) is 6.31. The molecule has 0 radical (unpaired) electrons. The highest BCUT2D eigenvalue weighted by Gasteiger charge is 2.21. The summed E-state index contributed by atoms with van der Waals surface area (Å²) in [4.78, 5) is 34.9. The molecule has 2 aromatic rings. The molecule has 158 valence electrons. The lowest BCUT2D eigenvalue weighted by Crippen LogP contribution is -2.36. The van der Waals surface area contributed by atoms with Gasteiger partial charge in [0.05, 0.1) is 4.88 Å². The van der Waals surface area contributed by atoms with Gasteiger partial charge in [-0.05, 0) is 44.0 Å². The van der Waals surface area contributed by atoms with Crippen LogP contribution < -0.4 is 10.5 Å². The van der Waals surface area contributed by atoms with Crippen molar-refractivity contribution >= 4 is 29.1 Å². The highest BCUT2D eigenvalue weighted by atomic mass is 32.1. The Morgan fingerprint density at radius 2 is 2.00 bits per heavy atom. The zero-order valence-electron chi connectivity index (χ0n) is 16.7. The molecular formula is C22H23NO6S. The van der Waals surface area contributed by atoms with Gasteiger partial charge < -0.3 is 14.6 Å². The van der Waals surface area contributed by atoms with Crippen molar-refractivity contribution in [3.8, 4) is 17.6 Å². The Kier molecular flexibility index (Phi) is 8.59. The molecule has 3 N–H and O–H groups in total. The molecule has 0 aliphatic heterocycles. The fourth-order valence-corrected chi connectivity index (χ4v) is 3.35. The third-order valence-electron chi connectivity index (χ3n) is 4.25. The van der Waals surface area contributed by atoms with Gasteiger partial charge in [-0.25, -0.2) is 9.59 Å². The van der Waals surface area contributed by atoms with Crippen LogP contribution in [0.3, 0.4) is 0 Å². The van der Waals surface area contributed by atoms with Crippen LogP contribution in [0.4, 0.5) is 0 Å². The minimum Gasteiger partial charge on any atom is -0.481 e. The SMILES string of the molecule is CC(=O)c1cccc(OCC#Cc2ccc(CC[C@@H](C)C(N)OC(=O)C(=O)O)s2)c1. The van der Waals surface area contributed by atoms with Crippen molar-refractivity contribution < 1.29 is 29.0 Å². The summed E-state index contributed by atoms with van der Waals surface area (Å²) in [7, 11) is 0. The van der Waals surface area contributed by atoms with E-state index < -0.39 is 18.2 Å².